The number of halogens is 2. The van der Waals surface area contributed by atoms with Crippen molar-refractivity contribution in [2.45, 2.75) is 26.4 Å². The van der Waals surface area contributed by atoms with Crippen LogP contribution in [0.25, 0.3) is 0 Å². The molecule has 2 amide bonds. The van der Waals surface area contributed by atoms with Crippen molar-refractivity contribution in [3.8, 4) is 0 Å². The van der Waals surface area contributed by atoms with Gasteiger partial charge in [-0.2, -0.15) is 0 Å². The maximum absolute atomic E-state index is 12.6. The summed E-state index contributed by atoms with van der Waals surface area (Å²) < 4.78 is 5.73. The maximum Gasteiger partial charge on any atom is 0.410 e. The van der Waals surface area contributed by atoms with Gasteiger partial charge >= 0.3 is 6.09 Å². The SMILES string of the molecule is CC(C)(C)OC(=O)N1CCN(C(=O)c2cc(Cl)c(Br)nc2N)CC1. The number of nitrogen functional groups attached to an aromatic ring is 1. The average Bonchev–Trinajstić information content (AvgIpc) is 2.49. The van der Waals surface area contributed by atoms with Crippen molar-refractivity contribution in [1.29, 1.82) is 0 Å². The Hall–Kier alpha value is -1.54. The topological polar surface area (TPSA) is 88.8 Å². The van der Waals surface area contributed by atoms with Crippen LogP contribution in [0.5, 0.6) is 0 Å². The molecule has 1 aliphatic heterocycles. The van der Waals surface area contributed by atoms with Gasteiger partial charge in [-0.15, -0.1) is 0 Å². The van der Waals surface area contributed by atoms with Crippen LogP contribution in [-0.2, 0) is 4.74 Å². The van der Waals surface area contributed by atoms with Gasteiger partial charge in [0, 0.05) is 26.2 Å². The molecule has 132 valence electrons. The number of anilines is 1. The van der Waals surface area contributed by atoms with Crippen LogP contribution in [0, 0.1) is 0 Å². The van der Waals surface area contributed by atoms with Crippen molar-refractivity contribution >= 4 is 45.3 Å². The second-order valence-corrected chi connectivity index (χ2v) is 7.61. The van der Waals surface area contributed by atoms with Gasteiger partial charge in [0.15, 0.2) is 0 Å². The number of amides is 2. The van der Waals surface area contributed by atoms with E-state index in [1.807, 2.05) is 20.8 Å². The first-order valence-electron chi connectivity index (χ1n) is 7.47. The van der Waals surface area contributed by atoms with Crippen molar-refractivity contribution in [1.82, 2.24) is 14.8 Å². The molecule has 1 aromatic heterocycles. The van der Waals surface area contributed by atoms with Gasteiger partial charge in [0.05, 0.1) is 10.6 Å². The van der Waals surface area contributed by atoms with E-state index >= 15 is 0 Å². The lowest BCUT2D eigenvalue weighted by molar-refractivity contribution is 0.0141. The summed E-state index contributed by atoms with van der Waals surface area (Å²) in [5.74, 6) is -0.135. The van der Waals surface area contributed by atoms with Crippen molar-refractivity contribution in [2.24, 2.45) is 0 Å². The number of nitrogens with two attached hydrogens (primary N) is 1. The predicted molar refractivity (Wildman–Crippen MR) is 95.1 cm³/mol. The maximum atomic E-state index is 12.6. The number of piperazine rings is 1. The van der Waals surface area contributed by atoms with E-state index in [0.29, 0.717) is 35.8 Å². The van der Waals surface area contributed by atoms with E-state index in [2.05, 4.69) is 20.9 Å². The third-order valence-electron chi connectivity index (χ3n) is 3.41. The van der Waals surface area contributed by atoms with E-state index in [1.165, 1.54) is 6.07 Å². The van der Waals surface area contributed by atoms with E-state index in [0.717, 1.165) is 0 Å². The van der Waals surface area contributed by atoms with Gasteiger partial charge in [0.2, 0.25) is 0 Å². The summed E-state index contributed by atoms with van der Waals surface area (Å²) >= 11 is 9.16. The molecule has 1 fully saturated rings. The number of carbonyl (C=O) groups excluding carboxylic acids is 2. The number of aromatic nitrogens is 1. The quantitative estimate of drug-likeness (QED) is 0.707. The first kappa shape index (κ1) is 18.8. The zero-order valence-corrected chi connectivity index (χ0v) is 16.1. The fourth-order valence-electron chi connectivity index (χ4n) is 2.24. The summed E-state index contributed by atoms with van der Waals surface area (Å²) in [5, 5.41) is 0.319. The van der Waals surface area contributed by atoms with Gasteiger partial charge in [-0.3, -0.25) is 4.79 Å². The van der Waals surface area contributed by atoms with E-state index in [1.54, 1.807) is 9.80 Å². The van der Waals surface area contributed by atoms with Crippen LogP contribution in [-0.4, -0.2) is 58.6 Å². The Bertz CT molecular complexity index is 655. The fraction of sp³-hybridized carbons (Fsp3) is 0.533. The van der Waals surface area contributed by atoms with Gasteiger partial charge in [-0.05, 0) is 42.8 Å². The minimum Gasteiger partial charge on any atom is -0.444 e. The Morgan fingerprint density at radius 1 is 1.25 bits per heavy atom. The molecule has 0 unspecified atom stereocenters. The van der Waals surface area contributed by atoms with E-state index in [4.69, 9.17) is 22.1 Å². The number of hydrogen-bond acceptors (Lipinski definition) is 5. The summed E-state index contributed by atoms with van der Waals surface area (Å²) in [6, 6.07) is 1.50. The van der Waals surface area contributed by atoms with Crippen LogP contribution in [0.3, 0.4) is 0 Å². The molecule has 2 heterocycles. The Labute approximate surface area is 154 Å². The van der Waals surface area contributed by atoms with Gasteiger partial charge in [0.1, 0.15) is 16.0 Å². The highest BCUT2D eigenvalue weighted by molar-refractivity contribution is 9.10. The molecule has 0 bridgehead atoms. The van der Waals surface area contributed by atoms with Crippen molar-refractivity contribution in [3.05, 3.63) is 21.3 Å². The molecule has 7 nitrogen and oxygen atoms in total. The lowest BCUT2D eigenvalue weighted by atomic mass is 10.2. The zero-order chi connectivity index (χ0) is 18.1. The van der Waals surface area contributed by atoms with Crippen LogP contribution in [0.2, 0.25) is 5.02 Å². The molecule has 0 aromatic carbocycles. The van der Waals surface area contributed by atoms with Crippen molar-refractivity contribution < 1.29 is 14.3 Å². The molecule has 0 spiro atoms. The first-order valence-corrected chi connectivity index (χ1v) is 8.64. The van der Waals surface area contributed by atoms with Crippen LogP contribution < -0.4 is 5.73 Å². The first-order chi connectivity index (χ1) is 11.1. The second kappa shape index (κ2) is 7.14. The molecule has 0 atom stereocenters. The number of carbonyl (C=O) groups is 2. The summed E-state index contributed by atoms with van der Waals surface area (Å²) in [4.78, 5) is 31.8. The number of ether oxygens (including phenoxy) is 1. The molecular formula is C15H20BrClN4O3. The molecule has 0 radical (unpaired) electrons. The van der Waals surface area contributed by atoms with Crippen LogP contribution in [0.4, 0.5) is 10.6 Å². The highest BCUT2D eigenvalue weighted by Gasteiger charge is 2.29. The Balaban J connectivity index is 2.01. The highest BCUT2D eigenvalue weighted by Crippen LogP contribution is 2.25. The molecule has 2 rings (SSSR count). The third kappa shape index (κ3) is 4.51. The molecule has 24 heavy (non-hydrogen) atoms. The number of rotatable bonds is 1. The molecule has 0 aliphatic carbocycles. The Morgan fingerprint density at radius 2 is 1.79 bits per heavy atom. The standard InChI is InChI=1S/C15H20BrClN4O3/c1-15(2,3)24-14(23)21-6-4-20(5-7-21)13(22)9-8-10(17)11(16)19-12(9)18/h8H,4-7H2,1-3H3,(H2,18,19). The molecule has 1 aliphatic rings. The normalized spacial score (nSPS) is 15.4. The Kier molecular flexibility index (Phi) is 5.59. The molecule has 0 saturated carbocycles. The summed E-state index contributed by atoms with van der Waals surface area (Å²) in [5.41, 5.74) is 5.53. The predicted octanol–water partition coefficient (Wildman–Crippen LogP) is 2.77. The number of pyridine rings is 1. The largest absolute Gasteiger partial charge is 0.444 e. The van der Waals surface area contributed by atoms with Gasteiger partial charge < -0.3 is 20.3 Å². The minimum absolute atomic E-state index is 0.117. The smallest absolute Gasteiger partial charge is 0.410 e. The zero-order valence-electron chi connectivity index (χ0n) is 13.8. The lowest BCUT2D eigenvalue weighted by Gasteiger charge is -2.35. The third-order valence-corrected chi connectivity index (χ3v) is 4.53. The second-order valence-electron chi connectivity index (χ2n) is 6.45. The summed E-state index contributed by atoms with van der Waals surface area (Å²) in [6.07, 6.45) is -0.373. The minimum atomic E-state index is -0.543. The summed E-state index contributed by atoms with van der Waals surface area (Å²) in [7, 11) is 0. The lowest BCUT2D eigenvalue weighted by Crippen LogP contribution is -2.51. The number of hydrogen-bond donors (Lipinski definition) is 1. The monoisotopic (exact) mass is 418 g/mol. The van der Waals surface area contributed by atoms with Crippen LogP contribution >= 0.6 is 27.5 Å². The van der Waals surface area contributed by atoms with Gasteiger partial charge in [-0.1, -0.05) is 11.6 Å². The highest BCUT2D eigenvalue weighted by atomic mass is 79.9. The molecular weight excluding hydrogens is 400 g/mol. The average molecular weight is 420 g/mol. The fourth-order valence-corrected chi connectivity index (χ4v) is 2.70. The van der Waals surface area contributed by atoms with E-state index in [9.17, 15) is 9.59 Å². The van der Waals surface area contributed by atoms with Crippen molar-refractivity contribution in [3.63, 3.8) is 0 Å². The molecule has 1 saturated heterocycles. The van der Waals surface area contributed by atoms with Crippen molar-refractivity contribution in [2.75, 3.05) is 31.9 Å². The van der Waals surface area contributed by atoms with Gasteiger partial charge in [0.25, 0.3) is 5.91 Å². The molecule has 9 heteroatoms. The molecule has 1 aromatic rings. The van der Waals surface area contributed by atoms with Crippen LogP contribution in [0.15, 0.2) is 10.7 Å². The summed E-state index contributed by atoms with van der Waals surface area (Å²) in [6.45, 7) is 7.04. The van der Waals surface area contributed by atoms with E-state index < -0.39 is 5.60 Å². The Morgan fingerprint density at radius 3 is 2.33 bits per heavy atom. The number of nitrogens with zero attached hydrogens (tertiary/aromatic N) is 3. The van der Waals surface area contributed by atoms with E-state index in [-0.39, 0.29) is 23.4 Å². The molecule has 2 N–H and O–H groups in total. The van der Waals surface area contributed by atoms with Crippen LogP contribution in [0.1, 0.15) is 31.1 Å². The van der Waals surface area contributed by atoms with Gasteiger partial charge in [-0.25, -0.2) is 9.78 Å².